The van der Waals surface area contributed by atoms with E-state index < -0.39 is 0 Å². The zero-order valence-corrected chi connectivity index (χ0v) is 20.9. The van der Waals surface area contributed by atoms with E-state index in [1.54, 1.807) is 11.9 Å². The van der Waals surface area contributed by atoms with Crippen molar-refractivity contribution >= 4 is 35.3 Å². The number of likely N-dealkylation sites (tertiary alicyclic amines) is 2. The number of aryl methyl sites for hydroxylation is 1. The first-order chi connectivity index (χ1) is 16.5. The molecule has 0 unspecified atom stereocenters. The Labute approximate surface area is 206 Å². The summed E-state index contributed by atoms with van der Waals surface area (Å²) in [6.07, 6.45) is 8.02. The van der Waals surface area contributed by atoms with Crippen LogP contribution in [0, 0.1) is 6.92 Å². The summed E-state index contributed by atoms with van der Waals surface area (Å²) < 4.78 is 0. The summed E-state index contributed by atoms with van der Waals surface area (Å²) in [4.78, 5) is 34.4. The molecule has 3 heterocycles. The lowest BCUT2D eigenvalue weighted by molar-refractivity contribution is -0.114. The van der Waals surface area contributed by atoms with Gasteiger partial charge >= 0.3 is 0 Å². The molecule has 5 rings (SSSR count). The number of thioether (sulfide) groups is 1. The molecule has 5 nitrogen and oxygen atoms in total. The number of fused-ring (bicyclic) bond motifs is 1. The number of benzene rings is 2. The molecule has 0 N–H and O–H groups in total. The van der Waals surface area contributed by atoms with Crippen LogP contribution in [0.2, 0.25) is 0 Å². The summed E-state index contributed by atoms with van der Waals surface area (Å²) in [6, 6.07) is 14.6. The number of carbonyl (C=O) groups is 2. The third-order valence-electron chi connectivity index (χ3n) is 7.30. The van der Waals surface area contributed by atoms with Crippen LogP contribution in [0.5, 0.6) is 0 Å². The van der Waals surface area contributed by atoms with E-state index in [9.17, 15) is 9.59 Å². The fourth-order valence-corrected chi connectivity index (χ4v) is 6.43. The Balaban J connectivity index is 1.29. The molecule has 2 aromatic rings. The standard InChI is InChI=1S/C28H33N3O2S/c1-20-7-6-8-21(17-20)18-26-28(33)29(2)24-19-22(9-10-25(24)34-26)27(32)31-15-11-23(12-16-31)30-13-4-3-5-14-30/h6-10,17-19,23H,3-5,11-16H2,1-2H3. The Morgan fingerprint density at radius 1 is 1.00 bits per heavy atom. The third kappa shape index (κ3) is 4.80. The van der Waals surface area contributed by atoms with E-state index in [1.165, 1.54) is 49.7 Å². The lowest BCUT2D eigenvalue weighted by Crippen LogP contribution is -2.48. The van der Waals surface area contributed by atoms with Crippen molar-refractivity contribution in [2.24, 2.45) is 0 Å². The van der Waals surface area contributed by atoms with Crippen molar-refractivity contribution in [2.45, 2.75) is 50.0 Å². The average Bonchev–Trinajstić information content (AvgIpc) is 2.87. The second-order valence-corrected chi connectivity index (χ2v) is 10.8. The number of nitrogens with zero attached hydrogens (tertiary/aromatic N) is 3. The van der Waals surface area contributed by atoms with E-state index in [0.717, 1.165) is 42.1 Å². The number of piperidine rings is 2. The second-order valence-electron chi connectivity index (χ2n) is 9.69. The molecule has 2 saturated heterocycles. The predicted octanol–water partition coefficient (Wildman–Crippen LogP) is 5.20. The van der Waals surface area contributed by atoms with E-state index in [4.69, 9.17) is 0 Å². The van der Waals surface area contributed by atoms with Gasteiger partial charge in [0.2, 0.25) is 0 Å². The van der Waals surface area contributed by atoms with Crippen molar-refractivity contribution < 1.29 is 9.59 Å². The highest BCUT2D eigenvalue weighted by molar-refractivity contribution is 8.04. The number of hydrogen-bond acceptors (Lipinski definition) is 4. The molecule has 2 aromatic carbocycles. The first-order valence-electron chi connectivity index (χ1n) is 12.4. The van der Waals surface area contributed by atoms with Crippen LogP contribution in [0.1, 0.15) is 53.6 Å². The zero-order chi connectivity index (χ0) is 23.7. The van der Waals surface area contributed by atoms with Gasteiger partial charge in [0.15, 0.2) is 0 Å². The number of hydrogen-bond donors (Lipinski definition) is 0. The van der Waals surface area contributed by atoms with Gasteiger partial charge in [-0.1, -0.05) is 48.0 Å². The quantitative estimate of drug-likeness (QED) is 0.573. The zero-order valence-electron chi connectivity index (χ0n) is 20.1. The fraction of sp³-hybridized carbons (Fsp3) is 0.429. The van der Waals surface area contributed by atoms with Gasteiger partial charge in [-0.3, -0.25) is 9.59 Å². The number of likely N-dealkylation sites (N-methyl/N-ethyl adjacent to an activating group) is 1. The highest BCUT2D eigenvalue weighted by Gasteiger charge is 2.30. The molecule has 0 saturated carbocycles. The van der Waals surface area contributed by atoms with Crippen molar-refractivity contribution in [3.05, 3.63) is 64.1 Å². The maximum atomic E-state index is 13.3. The van der Waals surface area contributed by atoms with Gasteiger partial charge in [0.1, 0.15) is 0 Å². The van der Waals surface area contributed by atoms with Gasteiger partial charge in [0, 0.05) is 36.6 Å². The monoisotopic (exact) mass is 475 g/mol. The normalized spacial score (nSPS) is 21.1. The molecule has 2 fully saturated rings. The van der Waals surface area contributed by atoms with Crippen molar-refractivity contribution in [2.75, 3.05) is 38.1 Å². The molecular formula is C28H33N3O2S. The van der Waals surface area contributed by atoms with Gasteiger partial charge in [-0.25, -0.2) is 0 Å². The Kier molecular flexibility index (Phi) is 6.79. The summed E-state index contributed by atoms with van der Waals surface area (Å²) >= 11 is 1.48. The highest BCUT2D eigenvalue weighted by Crippen LogP contribution is 2.42. The topological polar surface area (TPSA) is 43.9 Å². The maximum absolute atomic E-state index is 13.3. The molecule has 3 aliphatic rings. The smallest absolute Gasteiger partial charge is 0.264 e. The minimum Gasteiger partial charge on any atom is -0.339 e. The Morgan fingerprint density at radius 3 is 2.50 bits per heavy atom. The van der Waals surface area contributed by atoms with E-state index in [2.05, 4.69) is 11.0 Å². The largest absolute Gasteiger partial charge is 0.339 e. The van der Waals surface area contributed by atoms with Crippen LogP contribution >= 0.6 is 11.8 Å². The highest BCUT2D eigenvalue weighted by atomic mass is 32.2. The number of rotatable bonds is 3. The van der Waals surface area contributed by atoms with Gasteiger partial charge < -0.3 is 14.7 Å². The van der Waals surface area contributed by atoms with Crippen LogP contribution in [-0.4, -0.2) is 60.9 Å². The second kappa shape index (κ2) is 9.96. The minimum atomic E-state index is -0.0362. The molecule has 2 amide bonds. The van der Waals surface area contributed by atoms with Gasteiger partial charge in [0.25, 0.3) is 11.8 Å². The molecule has 0 aliphatic carbocycles. The van der Waals surface area contributed by atoms with E-state index in [-0.39, 0.29) is 11.8 Å². The van der Waals surface area contributed by atoms with Crippen LogP contribution in [0.15, 0.2) is 52.3 Å². The van der Waals surface area contributed by atoms with Crippen molar-refractivity contribution in [3.8, 4) is 0 Å². The summed E-state index contributed by atoms with van der Waals surface area (Å²) in [5, 5.41) is 0. The first-order valence-corrected chi connectivity index (χ1v) is 13.2. The predicted molar refractivity (Wildman–Crippen MR) is 139 cm³/mol. The molecule has 3 aliphatic heterocycles. The lowest BCUT2D eigenvalue weighted by atomic mass is 9.99. The Bertz CT molecular complexity index is 1110. The lowest BCUT2D eigenvalue weighted by Gasteiger charge is -2.40. The molecule has 0 radical (unpaired) electrons. The maximum Gasteiger partial charge on any atom is 0.264 e. The SMILES string of the molecule is Cc1cccc(C=C2Sc3ccc(C(=O)N4CCC(N5CCCCC5)CC4)cc3N(C)C2=O)c1. The summed E-state index contributed by atoms with van der Waals surface area (Å²) in [5.41, 5.74) is 3.67. The van der Waals surface area contributed by atoms with Gasteiger partial charge in [-0.05, 0) is 75.5 Å². The van der Waals surface area contributed by atoms with Gasteiger partial charge in [-0.15, -0.1) is 0 Å². The van der Waals surface area contributed by atoms with Crippen molar-refractivity contribution in [3.63, 3.8) is 0 Å². The van der Waals surface area contributed by atoms with Crippen LogP contribution in [0.3, 0.4) is 0 Å². The third-order valence-corrected chi connectivity index (χ3v) is 8.38. The van der Waals surface area contributed by atoms with Crippen molar-refractivity contribution in [1.29, 1.82) is 0 Å². The summed E-state index contributed by atoms with van der Waals surface area (Å²) in [6.45, 7) is 6.09. The van der Waals surface area contributed by atoms with E-state index >= 15 is 0 Å². The number of amides is 2. The molecule has 178 valence electrons. The molecule has 6 heteroatoms. The first kappa shape index (κ1) is 23.2. The molecule has 0 bridgehead atoms. The average molecular weight is 476 g/mol. The van der Waals surface area contributed by atoms with Crippen LogP contribution in [0.25, 0.3) is 6.08 Å². The number of anilines is 1. The molecule has 0 aromatic heterocycles. The molecular weight excluding hydrogens is 442 g/mol. The molecule has 0 atom stereocenters. The molecule has 0 spiro atoms. The van der Waals surface area contributed by atoms with Crippen molar-refractivity contribution in [1.82, 2.24) is 9.80 Å². The van der Waals surface area contributed by atoms with E-state index in [0.29, 0.717) is 16.5 Å². The number of carbonyl (C=O) groups excluding carboxylic acids is 2. The minimum absolute atomic E-state index is 0.0362. The fourth-order valence-electron chi connectivity index (χ4n) is 5.34. The summed E-state index contributed by atoms with van der Waals surface area (Å²) in [5.74, 6) is 0.0396. The van der Waals surface area contributed by atoms with Gasteiger partial charge in [0.05, 0.1) is 10.6 Å². The van der Waals surface area contributed by atoms with Crippen LogP contribution in [-0.2, 0) is 4.79 Å². The Morgan fingerprint density at radius 2 is 1.76 bits per heavy atom. The van der Waals surface area contributed by atoms with Crippen LogP contribution < -0.4 is 4.90 Å². The van der Waals surface area contributed by atoms with E-state index in [1.807, 2.05) is 54.3 Å². The van der Waals surface area contributed by atoms with Crippen LogP contribution in [0.4, 0.5) is 5.69 Å². The Hall–Kier alpha value is -2.57. The molecule has 34 heavy (non-hydrogen) atoms. The summed E-state index contributed by atoms with van der Waals surface area (Å²) in [7, 11) is 1.79. The van der Waals surface area contributed by atoms with Gasteiger partial charge in [-0.2, -0.15) is 0 Å².